The lowest BCUT2D eigenvalue weighted by atomic mass is 10.2. The molecule has 6 heteroatoms. The van der Waals surface area contributed by atoms with E-state index in [-0.39, 0.29) is 6.04 Å². The van der Waals surface area contributed by atoms with Crippen LogP contribution in [0.1, 0.15) is 18.4 Å². The van der Waals surface area contributed by atoms with Crippen LogP contribution in [0.3, 0.4) is 0 Å². The molecular weight excluding hydrogens is 216 g/mol. The van der Waals surface area contributed by atoms with Crippen LogP contribution in [0.5, 0.6) is 0 Å². The highest BCUT2D eigenvalue weighted by Gasteiger charge is 2.14. The first-order valence-corrected chi connectivity index (χ1v) is 5.54. The van der Waals surface area contributed by atoms with Crippen LogP contribution in [0.25, 0.3) is 0 Å². The molecule has 2 N–H and O–H groups in total. The Balaban J connectivity index is 2.65. The zero-order valence-electron chi connectivity index (χ0n) is 8.52. The zero-order chi connectivity index (χ0) is 10.7. The van der Waals surface area contributed by atoms with Crippen LogP contribution in [0.4, 0.5) is 5.13 Å². The van der Waals surface area contributed by atoms with Gasteiger partial charge in [0.05, 0.1) is 4.99 Å². The summed E-state index contributed by atoms with van der Waals surface area (Å²) >= 11 is 6.44. The molecule has 1 rings (SSSR count). The van der Waals surface area contributed by atoms with Gasteiger partial charge in [-0.1, -0.05) is 23.6 Å². The second-order valence-corrected chi connectivity index (χ2v) is 4.92. The lowest BCUT2D eigenvalue weighted by Gasteiger charge is -2.22. The Kier molecular flexibility index (Phi) is 3.77. The molecule has 4 nitrogen and oxygen atoms in total. The fourth-order valence-corrected chi connectivity index (χ4v) is 2.04. The minimum absolute atomic E-state index is 0.264. The Labute approximate surface area is 93.1 Å². The predicted octanol–water partition coefficient (Wildman–Crippen LogP) is 1.35. The summed E-state index contributed by atoms with van der Waals surface area (Å²) in [5, 5.41) is 9.89. The Morgan fingerprint density at radius 3 is 2.71 bits per heavy atom. The van der Waals surface area contributed by atoms with Gasteiger partial charge in [0.2, 0.25) is 5.13 Å². The molecule has 0 amide bonds. The molecule has 1 aromatic rings. The molecule has 14 heavy (non-hydrogen) atoms. The molecule has 0 spiro atoms. The molecule has 0 aromatic carbocycles. The minimum atomic E-state index is 0.264. The summed E-state index contributed by atoms with van der Waals surface area (Å²) < 4.78 is 0. The molecule has 0 fully saturated rings. The van der Waals surface area contributed by atoms with Gasteiger partial charge < -0.3 is 10.6 Å². The molecule has 0 bridgehead atoms. The second kappa shape index (κ2) is 4.65. The fourth-order valence-electron chi connectivity index (χ4n) is 1.05. The number of aryl methyl sites for hydroxylation is 1. The third kappa shape index (κ3) is 2.88. The van der Waals surface area contributed by atoms with Crippen molar-refractivity contribution in [2.75, 3.05) is 11.9 Å². The first kappa shape index (κ1) is 11.3. The SMILES string of the molecule is Cc1nnc(N(C)C(C)CC(N)=S)s1. The summed E-state index contributed by atoms with van der Waals surface area (Å²) in [6.45, 7) is 4.00. The van der Waals surface area contributed by atoms with Crippen LogP contribution in [0.15, 0.2) is 0 Å². The van der Waals surface area contributed by atoms with Gasteiger partial charge >= 0.3 is 0 Å². The van der Waals surface area contributed by atoms with Gasteiger partial charge in [-0.3, -0.25) is 0 Å². The number of rotatable bonds is 4. The smallest absolute Gasteiger partial charge is 0.208 e. The van der Waals surface area contributed by atoms with Crippen molar-refractivity contribution in [1.82, 2.24) is 10.2 Å². The second-order valence-electron chi connectivity index (χ2n) is 3.23. The van der Waals surface area contributed by atoms with Crippen molar-refractivity contribution in [2.45, 2.75) is 26.3 Å². The summed E-state index contributed by atoms with van der Waals surface area (Å²) in [4.78, 5) is 2.58. The number of nitrogens with zero attached hydrogens (tertiary/aromatic N) is 3. The number of anilines is 1. The van der Waals surface area contributed by atoms with Crippen molar-refractivity contribution in [3.05, 3.63) is 5.01 Å². The standard InChI is InChI=1S/C8H14N4S2/c1-5(4-7(9)13)12(3)8-11-10-6(2)14-8/h5H,4H2,1-3H3,(H2,9,13). The topological polar surface area (TPSA) is 55.0 Å². The molecule has 0 saturated heterocycles. The van der Waals surface area contributed by atoms with Crippen molar-refractivity contribution >= 4 is 33.7 Å². The van der Waals surface area contributed by atoms with Gasteiger partial charge in [0, 0.05) is 19.5 Å². The summed E-state index contributed by atoms with van der Waals surface area (Å²) in [5.41, 5.74) is 5.49. The average molecular weight is 230 g/mol. The van der Waals surface area contributed by atoms with E-state index in [1.54, 1.807) is 11.3 Å². The maximum atomic E-state index is 5.49. The number of hydrogen-bond donors (Lipinski definition) is 1. The third-order valence-corrected chi connectivity index (χ3v) is 3.07. The predicted molar refractivity (Wildman–Crippen MR) is 63.9 cm³/mol. The molecule has 0 aliphatic carbocycles. The maximum absolute atomic E-state index is 5.49. The number of hydrogen-bond acceptors (Lipinski definition) is 5. The first-order valence-electron chi connectivity index (χ1n) is 4.32. The largest absolute Gasteiger partial charge is 0.393 e. The van der Waals surface area contributed by atoms with E-state index in [0.29, 0.717) is 11.4 Å². The van der Waals surface area contributed by atoms with Gasteiger partial charge in [0.15, 0.2) is 0 Å². The lowest BCUT2D eigenvalue weighted by molar-refractivity contribution is 0.708. The average Bonchev–Trinajstić information content (AvgIpc) is 2.49. The number of thiocarbonyl (C=S) groups is 1. The van der Waals surface area contributed by atoms with Gasteiger partial charge in [-0.25, -0.2) is 0 Å². The molecule has 0 aliphatic heterocycles. The van der Waals surface area contributed by atoms with Crippen LogP contribution in [0.2, 0.25) is 0 Å². The molecule has 0 radical (unpaired) electrons. The summed E-state index contributed by atoms with van der Waals surface area (Å²) in [7, 11) is 1.98. The molecule has 1 atom stereocenters. The molecule has 0 aliphatic rings. The molecule has 1 aromatic heterocycles. The molecule has 78 valence electrons. The minimum Gasteiger partial charge on any atom is -0.393 e. The van der Waals surface area contributed by atoms with Gasteiger partial charge in [-0.15, -0.1) is 10.2 Å². The van der Waals surface area contributed by atoms with E-state index >= 15 is 0 Å². The van der Waals surface area contributed by atoms with Crippen LogP contribution in [-0.2, 0) is 0 Å². The van der Waals surface area contributed by atoms with Crippen molar-refractivity contribution in [3.63, 3.8) is 0 Å². The summed E-state index contributed by atoms with van der Waals surface area (Å²) in [6, 6.07) is 0.264. The van der Waals surface area contributed by atoms with Crippen molar-refractivity contribution in [1.29, 1.82) is 0 Å². The highest BCUT2D eigenvalue weighted by Crippen LogP contribution is 2.20. The van der Waals surface area contributed by atoms with Crippen LogP contribution >= 0.6 is 23.6 Å². The van der Waals surface area contributed by atoms with E-state index in [1.807, 2.05) is 18.9 Å². The van der Waals surface area contributed by atoms with E-state index in [9.17, 15) is 0 Å². The van der Waals surface area contributed by atoms with E-state index in [2.05, 4.69) is 17.1 Å². The quantitative estimate of drug-likeness (QED) is 0.791. The van der Waals surface area contributed by atoms with E-state index in [0.717, 1.165) is 10.1 Å². The van der Waals surface area contributed by atoms with E-state index < -0.39 is 0 Å². The molecular formula is C8H14N4S2. The fraction of sp³-hybridized carbons (Fsp3) is 0.625. The molecule has 1 unspecified atom stereocenters. The maximum Gasteiger partial charge on any atom is 0.208 e. The van der Waals surface area contributed by atoms with E-state index in [1.165, 1.54) is 0 Å². The highest BCUT2D eigenvalue weighted by molar-refractivity contribution is 7.80. The Bertz CT molecular complexity index is 323. The first-order chi connectivity index (χ1) is 6.50. The summed E-state index contributed by atoms with van der Waals surface area (Å²) in [6.07, 6.45) is 0.699. The van der Waals surface area contributed by atoms with Gasteiger partial charge in [-0.05, 0) is 13.8 Å². The lowest BCUT2D eigenvalue weighted by Crippen LogP contribution is -2.32. The third-order valence-electron chi connectivity index (χ3n) is 1.97. The van der Waals surface area contributed by atoms with Gasteiger partial charge in [0.25, 0.3) is 0 Å². The van der Waals surface area contributed by atoms with Gasteiger partial charge in [-0.2, -0.15) is 0 Å². The Morgan fingerprint density at radius 2 is 2.29 bits per heavy atom. The normalized spacial score (nSPS) is 12.5. The van der Waals surface area contributed by atoms with Gasteiger partial charge in [0.1, 0.15) is 5.01 Å². The van der Waals surface area contributed by atoms with Crippen molar-refractivity contribution in [2.24, 2.45) is 5.73 Å². The number of nitrogens with two attached hydrogens (primary N) is 1. The Hall–Kier alpha value is -0.750. The summed E-state index contributed by atoms with van der Waals surface area (Å²) in [5.74, 6) is 0. The monoisotopic (exact) mass is 230 g/mol. The van der Waals surface area contributed by atoms with E-state index in [4.69, 9.17) is 18.0 Å². The number of aromatic nitrogens is 2. The molecule has 1 heterocycles. The van der Waals surface area contributed by atoms with Crippen LogP contribution in [-0.4, -0.2) is 28.3 Å². The van der Waals surface area contributed by atoms with Crippen molar-refractivity contribution < 1.29 is 0 Å². The zero-order valence-corrected chi connectivity index (χ0v) is 10.2. The molecule has 0 saturated carbocycles. The Morgan fingerprint density at radius 1 is 1.64 bits per heavy atom. The highest BCUT2D eigenvalue weighted by atomic mass is 32.1. The van der Waals surface area contributed by atoms with Crippen LogP contribution < -0.4 is 10.6 Å². The van der Waals surface area contributed by atoms with Crippen molar-refractivity contribution in [3.8, 4) is 0 Å². The van der Waals surface area contributed by atoms with Crippen LogP contribution in [0, 0.1) is 6.92 Å².